The van der Waals surface area contributed by atoms with Gasteiger partial charge in [-0.3, -0.25) is 4.79 Å². The molecule has 1 aromatic carbocycles. The second kappa shape index (κ2) is 6.39. The minimum atomic E-state index is -0.122. The maximum Gasteiger partial charge on any atom is 0.254 e. The number of hydrogen-bond donors (Lipinski definition) is 2. The van der Waals surface area contributed by atoms with E-state index in [-0.39, 0.29) is 24.3 Å². The summed E-state index contributed by atoms with van der Waals surface area (Å²) in [6, 6.07) is 4.70. The lowest BCUT2D eigenvalue weighted by atomic mass is 10.1. The van der Waals surface area contributed by atoms with Gasteiger partial charge in [0.2, 0.25) is 0 Å². The molecule has 1 aliphatic heterocycles. The van der Waals surface area contributed by atoms with E-state index in [0.29, 0.717) is 16.6 Å². The molecule has 1 amide bonds. The van der Waals surface area contributed by atoms with Crippen LogP contribution < -0.4 is 0 Å². The van der Waals surface area contributed by atoms with Crippen LogP contribution in [0.15, 0.2) is 22.7 Å². The SMILES string of the molecule is O=C(c1ccc(Br)c(O)c1)N1CCCCCC1CO. The summed E-state index contributed by atoms with van der Waals surface area (Å²) in [5.41, 5.74) is 0.459. The molecule has 1 unspecified atom stereocenters. The smallest absolute Gasteiger partial charge is 0.254 e. The van der Waals surface area contributed by atoms with Crippen molar-refractivity contribution >= 4 is 21.8 Å². The average Bonchev–Trinajstić information content (AvgIpc) is 2.66. The fourth-order valence-electron chi connectivity index (χ4n) is 2.45. The predicted molar refractivity (Wildman–Crippen MR) is 76.2 cm³/mol. The summed E-state index contributed by atoms with van der Waals surface area (Å²) < 4.78 is 0.568. The third-order valence-corrected chi connectivity index (χ3v) is 4.21. The number of phenols is 1. The van der Waals surface area contributed by atoms with E-state index in [1.807, 2.05) is 0 Å². The molecule has 0 aliphatic carbocycles. The largest absolute Gasteiger partial charge is 0.507 e. The summed E-state index contributed by atoms with van der Waals surface area (Å²) in [5.74, 6) is -0.0648. The molecule has 0 spiro atoms. The molecular weight excluding hydrogens is 310 g/mol. The summed E-state index contributed by atoms with van der Waals surface area (Å²) in [7, 11) is 0. The van der Waals surface area contributed by atoms with Crippen molar-refractivity contribution in [3.8, 4) is 5.75 Å². The average molecular weight is 328 g/mol. The van der Waals surface area contributed by atoms with Crippen LogP contribution >= 0.6 is 15.9 Å². The van der Waals surface area contributed by atoms with E-state index < -0.39 is 0 Å². The van der Waals surface area contributed by atoms with Crippen LogP contribution in [0.5, 0.6) is 5.75 Å². The van der Waals surface area contributed by atoms with E-state index in [1.54, 1.807) is 17.0 Å². The molecule has 0 bridgehead atoms. The van der Waals surface area contributed by atoms with Gasteiger partial charge in [-0.15, -0.1) is 0 Å². The number of amides is 1. The van der Waals surface area contributed by atoms with Crippen LogP contribution in [0.3, 0.4) is 0 Å². The van der Waals surface area contributed by atoms with E-state index in [1.165, 1.54) is 6.07 Å². The normalized spacial score (nSPS) is 20.1. The molecule has 1 heterocycles. The molecule has 2 N–H and O–H groups in total. The second-order valence-electron chi connectivity index (χ2n) is 4.85. The molecule has 0 saturated carbocycles. The summed E-state index contributed by atoms with van der Waals surface area (Å²) >= 11 is 3.20. The van der Waals surface area contributed by atoms with E-state index in [4.69, 9.17) is 0 Å². The van der Waals surface area contributed by atoms with Gasteiger partial charge in [0, 0.05) is 12.1 Å². The lowest BCUT2D eigenvalue weighted by Crippen LogP contribution is -2.42. The fourth-order valence-corrected chi connectivity index (χ4v) is 2.69. The zero-order valence-corrected chi connectivity index (χ0v) is 12.3. The van der Waals surface area contributed by atoms with E-state index in [0.717, 1.165) is 25.7 Å². The predicted octanol–water partition coefficient (Wildman–Crippen LogP) is 2.53. The highest BCUT2D eigenvalue weighted by Crippen LogP contribution is 2.26. The van der Waals surface area contributed by atoms with Gasteiger partial charge in [-0.25, -0.2) is 0 Å². The number of aromatic hydroxyl groups is 1. The van der Waals surface area contributed by atoms with E-state index in [9.17, 15) is 15.0 Å². The minimum Gasteiger partial charge on any atom is -0.507 e. The fraction of sp³-hybridized carbons (Fsp3) is 0.500. The monoisotopic (exact) mass is 327 g/mol. The Morgan fingerprint density at radius 2 is 2.16 bits per heavy atom. The Labute approximate surface area is 121 Å². The summed E-state index contributed by atoms with van der Waals surface area (Å²) in [5, 5.41) is 19.1. The van der Waals surface area contributed by atoms with Crippen molar-refractivity contribution in [1.29, 1.82) is 0 Å². The first-order valence-corrected chi connectivity index (χ1v) is 7.33. The second-order valence-corrected chi connectivity index (χ2v) is 5.70. The molecular formula is C14H18BrNO3. The molecule has 5 heteroatoms. The molecule has 1 fully saturated rings. The van der Waals surface area contributed by atoms with Crippen LogP contribution in [0.25, 0.3) is 0 Å². The molecule has 4 nitrogen and oxygen atoms in total. The highest BCUT2D eigenvalue weighted by atomic mass is 79.9. The van der Waals surface area contributed by atoms with Gasteiger partial charge in [-0.05, 0) is 47.0 Å². The maximum absolute atomic E-state index is 12.5. The summed E-state index contributed by atoms with van der Waals surface area (Å²) in [6.45, 7) is 0.662. The molecule has 0 aromatic heterocycles. The zero-order chi connectivity index (χ0) is 13.8. The number of phenolic OH excluding ortho intramolecular Hbond substituents is 1. The number of nitrogens with zero attached hydrogens (tertiary/aromatic N) is 1. The van der Waals surface area contributed by atoms with Crippen LogP contribution in [0.4, 0.5) is 0 Å². The Morgan fingerprint density at radius 1 is 1.37 bits per heavy atom. The third-order valence-electron chi connectivity index (χ3n) is 3.54. The van der Waals surface area contributed by atoms with Gasteiger partial charge in [0.25, 0.3) is 5.91 Å². The Hall–Kier alpha value is -1.07. The Balaban J connectivity index is 2.22. The van der Waals surface area contributed by atoms with Gasteiger partial charge < -0.3 is 15.1 Å². The molecule has 1 atom stereocenters. The quantitative estimate of drug-likeness (QED) is 0.877. The first-order valence-electron chi connectivity index (χ1n) is 6.54. The Kier molecular flexibility index (Phi) is 4.82. The van der Waals surface area contributed by atoms with Gasteiger partial charge in [0.05, 0.1) is 17.1 Å². The number of carbonyl (C=O) groups is 1. The first kappa shape index (κ1) is 14.3. The minimum absolute atomic E-state index is 0.00570. The van der Waals surface area contributed by atoms with Crippen molar-refractivity contribution in [3.63, 3.8) is 0 Å². The number of halogens is 1. The lowest BCUT2D eigenvalue weighted by Gasteiger charge is -2.28. The van der Waals surface area contributed by atoms with Crippen molar-refractivity contribution in [2.75, 3.05) is 13.2 Å². The highest BCUT2D eigenvalue weighted by molar-refractivity contribution is 9.10. The van der Waals surface area contributed by atoms with Crippen LogP contribution in [0.1, 0.15) is 36.0 Å². The summed E-state index contributed by atoms with van der Waals surface area (Å²) in [4.78, 5) is 14.2. The zero-order valence-electron chi connectivity index (χ0n) is 10.7. The molecule has 1 aromatic rings. The van der Waals surface area contributed by atoms with Gasteiger partial charge in [0.1, 0.15) is 5.75 Å². The van der Waals surface area contributed by atoms with Gasteiger partial charge >= 0.3 is 0 Å². The number of rotatable bonds is 2. The van der Waals surface area contributed by atoms with Gasteiger partial charge in [-0.2, -0.15) is 0 Å². The number of carbonyl (C=O) groups excluding carboxylic acids is 1. The van der Waals surface area contributed by atoms with Gasteiger partial charge in [0.15, 0.2) is 0 Å². The van der Waals surface area contributed by atoms with Crippen molar-refractivity contribution in [2.24, 2.45) is 0 Å². The molecule has 104 valence electrons. The van der Waals surface area contributed by atoms with Crippen LogP contribution in [-0.2, 0) is 0 Å². The van der Waals surface area contributed by atoms with Crippen molar-refractivity contribution in [3.05, 3.63) is 28.2 Å². The standard InChI is InChI=1S/C14H18BrNO3/c15-12-6-5-10(8-13(12)18)14(19)16-7-3-1-2-4-11(16)9-17/h5-6,8,11,17-18H,1-4,7,9H2. The highest BCUT2D eigenvalue weighted by Gasteiger charge is 2.26. The van der Waals surface area contributed by atoms with E-state index >= 15 is 0 Å². The van der Waals surface area contributed by atoms with Gasteiger partial charge in [-0.1, -0.05) is 12.8 Å². The number of aliphatic hydroxyl groups excluding tert-OH is 1. The van der Waals surface area contributed by atoms with Crippen LogP contribution in [-0.4, -0.2) is 40.2 Å². The topological polar surface area (TPSA) is 60.8 Å². The van der Waals surface area contributed by atoms with E-state index in [2.05, 4.69) is 15.9 Å². The molecule has 1 saturated heterocycles. The number of hydrogen-bond acceptors (Lipinski definition) is 3. The molecule has 2 rings (SSSR count). The Morgan fingerprint density at radius 3 is 2.84 bits per heavy atom. The maximum atomic E-state index is 12.5. The van der Waals surface area contributed by atoms with Crippen molar-refractivity contribution < 1.29 is 15.0 Å². The van der Waals surface area contributed by atoms with Crippen LogP contribution in [0, 0.1) is 0 Å². The lowest BCUT2D eigenvalue weighted by molar-refractivity contribution is 0.0599. The first-order chi connectivity index (χ1) is 9.13. The number of benzene rings is 1. The molecule has 19 heavy (non-hydrogen) atoms. The number of aliphatic hydroxyl groups is 1. The van der Waals surface area contributed by atoms with Crippen molar-refractivity contribution in [1.82, 2.24) is 4.90 Å². The summed E-state index contributed by atoms with van der Waals surface area (Å²) in [6.07, 6.45) is 3.93. The van der Waals surface area contributed by atoms with Crippen LogP contribution in [0.2, 0.25) is 0 Å². The van der Waals surface area contributed by atoms with Crippen molar-refractivity contribution in [2.45, 2.75) is 31.7 Å². The number of likely N-dealkylation sites (tertiary alicyclic amines) is 1. The third kappa shape index (κ3) is 3.28. The molecule has 1 aliphatic rings. The Bertz CT molecular complexity index is 464. The molecule has 0 radical (unpaired) electrons.